The number of anilines is 1. The number of methoxy groups -OCH3 is 1. The molecule has 27 heavy (non-hydrogen) atoms. The molecular formula is C22H24N2O3. The molecule has 0 aliphatic carbocycles. The van der Waals surface area contributed by atoms with E-state index < -0.39 is 5.91 Å². The van der Waals surface area contributed by atoms with E-state index in [0.29, 0.717) is 23.7 Å². The number of rotatable bonds is 7. The van der Waals surface area contributed by atoms with Crippen LogP contribution < -0.4 is 14.8 Å². The van der Waals surface area contributed by atoms with Gasteiger partial charge in [0, 0.05) is 5.69 Å². The lowest BCUT2D eigenvalue weighted by atomic mass is 10.0. The van der Waals surface area contributed by atoms with Crippen molar-refractivity contribution in [3.05, 3.63) is 58.7 Å². The van der Waals surface area contributed by atoms with Crippen molar-refractivity contribution < 1.29 is 14.3 Å². The highest BCUT2D eigenvalue weighted by atomic mass is 16.5. The molecule has 0 atom stereocenters. The molecule has 0 fully saturated rings. The molecule has 0 heterocycles. The third kappa shape index (κ3) is 4.89. The molecule has 1 N–H and O–H groups in total. The standard InChI is InChI=1S/C22H24N2O3/c1-5-17-9-7-8-15(3)21(17)24-22(25)18(14-23)12-16-10-11-19(27-6-2)20(13-16)26-4/h7-13H,5-6H2,1-4H3,(H,24,25)/b18-12+. The second kappa shape index (κ2) is 9.44. The van der Waals surface area contributed by atoms with Gasteiger partial charge in [0.1, 0.15) is 11.6 Å². The van der Waals surface area contributed by atoms with E-state index in [1.807, 2.05) is 45.0 Å². The largest absolute Gasteiger partial charge is 0.493 e. The number of carbonyl (C=O) groups is 1. The van der Waals surface area contributed by atoms with Crippen molar-refractivity contribution in [1.29, 1.82) is 5.26 Å². The van der Waals surface area contributed by atoms with Crippen molar-refractivity contribution in [3.8, 4) is 17.6 Å². The first-order valence-electron chi connectivity index (χ1n) is 8.86. The average molecular weight is 364 g/mol. The third-order valence-corrected chi connectivity index (χ3v) is 4.14. The number of nitrogens with zero attached hydrogens (tertiary/aromatic N) is 1. The topological polar surface area (TPSA) is 71.3 Å². The van der Waals surface area contributed by atoms with Gasteiger partial charge < -0.3 is 14.8 Å². The van der Waals surface area contributed by atoms with Crippen LogP contribution in [-0.2, 0) is 11.2 Å². The Kier molecular flexibility index (Phi) is 7.01. The van der Waals surface area contributed by atoms with Gasteiger partial charge in [0.2, 0.25) is 0 Å². The molecule has 0 saturated carbocycles. The highest BCUT2D eigenvalue weighted by Crippen LogP contribution is 2.29. The summed E-state index contributed by atoms with van der Waals surface area (Å²) in [7, 11) is 1.55. The lowest BCUT2D eigenvalue weighted by Crippen LogP contribution is -2.15. The number of nitrogens with one attached hydrogen (secondary N) is 1. The summed E-state index contributed by atoms with van der Waals surface area (Å²) >= 11 is 0. The summed E-state index contributed by atoms with van der Waals surface area (Å²) in [6, 6.07) is 13.1. The van der Waals surface area contributed by atoms with E-state index >= 15 is 0 Å². The van der Waals surface area contributed by atoms with Gasteiger partial charge in [0.15, 0.2) is 11.5 Å². The van der Waals surface area contributed by atoms with Gasteiger partial charge in [-0.3, -0.25) is 4.79 Å². The SMILES string of the molecule is CCOc1ccc(/C=C(\C#N)C(=O)Nc2c(C)cccc2CC)cc1OC. The van der Waals surface area contributed by atoms with Crippen LogP contribution in [0.15, 0.2) is 42.0 Å². The Morgan fingerprint density at radius 1 is 1.22 bits per heavy atom. The molecule has 0 bridgehead atoms. The molecule has 2 aromatic carbocycles. The van der Waals surface area contributed by atoms with Gasteiger partial charge in [-0.05, 0) is 55.2 Å². The molecule has 2 aromatic rings. The fourth-order valence-electron chi connectivity index (χ4n) is 2.75. The first-order chi connectivity index (χ1) is 13.0. The first-order valence-corrected chi connectivity index (χ1v) is 8.86. The fraction of sp³-hybridized carbons (Fsp3) is 0.273. The number of aryl methyl sites for hydroxylation is 2. The molecule has 0 aliphatic heterocycles. The zero-order valence-electron chi connectivity index (χ0n) is 16.1. The Bertz CT molecular complexity index is 895. The van der Waals surface area contributed by atoms with Crippen LogP contribution in [0.3, 0.4) is 0 Å². The predicted octanol–water partition coefficient (Wildman–Crippen LogP) is 4.51. The Hall–Kier alpha value is -3.26. The van der Waals surface area contributed by atoms with Gasteiger partial charge in [-0.15, -0.1) is 0 Å². The maximum Gasteiger partial charge on any atom is 0.266 e. The van der Waals surface area contributed by atoms with Gasteiger partial charge >= 0.3 is 0 Å². The van der Waals surface area contributed by atoms with Crippen LogP contribution >= 0.6 is 0 Å². The van der Waals surface area contributed by atoms with E-state index in [-0.39, 0.29) is 5.57 Å². The zero-order chi connectivity index (χ0) is 19.8. The summed E-state index contributed by atoms with van der Waals surface area (Å²) in [5, 5.41) is 12.3. The summed E-state index contributed by atoms with van der Waals surface area (Å²) in [5.74, 6) is 0.734. The minimum absolute atomic E-state index is 0.0199. The molecule has 0 aromatic heterocycles. The van der Waals surface area contributed by atoms with Crippen LogP contribution in [0.25, 0.3) is 6.08 Å². The summed E-state index contributed by atoms with van der Waals surface area (Å²) in [6.45, 7) is 6.37. The summed E-state index contributed by atoms with van der Waals surface area (Å²) < 4.78 is 10.8. The van der Waals surface area contributed by atoms with E-state index in [4.69, 9.17) is 9.47 Å². The number of ether oxygens (including phenoxy) is 2. The molecule has 0 aliphatic rings. The minimum Gasteiger partial charge on any atom is -0.493 e. The first kappa shape index (κ1) is 20.1. The zero-order valence-corrected chi connectivity index (χ0v) is 16.1. The van der Waals surface area contributed by atoms with Crippen molar-refractivity contribution in [2.75, 3.05) is 19.0 Å². The van der Waals surface area contributed by atoms with Crippen LogP contribution in [0.5, 0.6) is 11.5 Å². The van der Waals surface area contributed by atoms with Gasteiger partial charge in [-0.1, -0.05) is 31.2 Å². The molecule has 5 heteroatoms. The molecule has 0 spiro atoms. The molecule has 0 unspecified atom stereocenters. The summed E-state index contributed by atoms with van der Waals surface area (Å²) in [4.78, 5) is 12.6. The number of hydrogen-bond donors (Lipinski definition) is 1. The Labute approximate surface area is 160 Å². The number of benzene rings is 2. The third-order valence-electron chi connectivity index (χ3n) is 4.14. The lowest BCUT2D eigenvalue weighted by molar-refractivity contribution is -0.112. The summed E-state index contributed by atoms with van der Waals surface area (Å²) in [5.41, 5.74) is 3.45. The van der Waals surface area contributed by atoms with E-state index in [1.54, 1.807) is 25.3 Å². The van der Waals surface area contributed by atoms with Crippen LogP contribution in [0.1, 0.15) is 30.5 Å². The van der Waals surface area contributed by atoms with Gasteiger partial charge in [-0.25, -0.2) is 0 Å². The van der Waals surface area contributed by atoms with E-state index in [1.165, 1.54) is 6.08 Å². The molecule has 0 saturated heterocycles. The summed E-state index contributed by atoms with van der Waals surface area (Å²) in [6.07, 6.45) is 2.33. The minimum atomic E-state index is -0.436. The fourth-order valence-corrected chi connectivity index (χ4v) is 2.75. The van der Waals surface area contributed by atoms with Crippen molar-refractivity contribution in [3.63, 3.8) is 0 Å². The number of para-hydroxylation sites is 1. The van der Waals surface area contributed by atoms with Gasteiger partial charge in [-0.2, -0.15) is 5.26 Å². The van der Waals surface area contributed by atoms with Gasteiger partial charge in [0.05, 0.1) is 13.7 Å². The van der Waals surface area contributed by atoms with Crippen molar-refractivity contribution >= 4 is 17.7 Å². The van der Waals surface area contributed by atoms with Crippen LogP contribution in [0, 0.1) is 18.3 Å². The van der Waals surface area contributed by atoms with Crippen molar-refractivity contribution in [1.82, 2.24) is 0 Å². The monoisotopic (exact) mass is 364 g/mol. The highest BCUT2D eigenvalue weighted by molar-refractivity contribution is 6.10. The quantitative estimate of drug-likeness (QED) is 0.579. The smallest absolute Gasteiger partial charge is 0.266 e. The molecular weight excluding hydrogens is 340 g/mol. The molecule has 0 radical (unpaired) electrons. The lowest BCUT2D eigenvalue weighted by Gasteiger charge is -2.13. The van der Waals surface area contributed by atoms with Crippen LogP contribution in [0.2, 0.25) is 0 Å². The van der Waals surface area contributed by atoms with Crippen molar-refractivity contribution in [2.45, 2.75) is 27.2 Å². The molecule has 1 amide bonds. The number of nitriles is 1. The Balaban J connectivity index is 2.31. The van der Waals surface area contributed by atoms with E-state index in [0.717, 1.165) is 23.2 Å². The number of carbonyl (C=O) groups excluding carboxylic acids is 1. The Morgan fingerprint density at radius 3 is 2.63 bits per heavy atom. The maximum atomic E-state index is 12.6. The van der Waals surface area contributed by atoms with Crippen molar-refractivity contribution in [2.24, 2.45) is 0 Å². The molecule has 5 nitrogen and oxygen atoms in total. The Morgan fingerprint density at radius 2 is 2.00 bits per heavy atom. The van der Waals surface area contributed by atoms with Crippen LogP contribution in [-0.4, -0.2) is 19.6 Å². The van der Waals surface area contributed by atoms with E-state index in [9.17, 15) is 10.1 Å². The van der Waals surface area contributed by atoms with Gasteiger partial charge in [0.25, 0.3) is 5.91 Å². The van der Waals surface area contributed by atoms with E-state index in [2.05, 4.69) is 5.32 Å². The molecule has 2 rings (SSSR count). The average Bonchev–Trinajstić information content (AvgIpc) is 2.68. The second-order valence-electron chi connectivity index (χ2n) is 5.93. The highest BCUT2D eigenvalue weighted by Gasteiger charge is 2.14. The normalized spacial score (nSPS) is 10.9. The van der Waals surface area contributed by atoms with Crippen LogP contribution in [0.4, 0.5) is 5.69 Å². The predicted molar refractivity (Wildman–Crippen MR) is 107 cm³/mol. The second-order valence-corrected chi connectivity index (χ2v) is 5.93. The molecule has 140 valence electrons. The number of amides is 1. The maximum absolute atomic E-state index is 12.6. The number of hydrogen-bond acceptors (Lipinski definition) is 4.